The minimum atomic E-state index is -0.0594. The minimum absolute atomic E-state index is 0. The van der Waals surface area contributed by atoms with Crippen LogP contribution in [0.3, 0.4) is 0 Å². The van der Waals surface area contributed by atoms with Gasteiger partial charge in [-0.15, -0.1) is 12.4 Å². The molecule has 0 aromatic carbocycles. The molecule has 0 aromatic rings. The Morgan fingerprint density at radius 3 is 2.62 bits per heavy atom. The molecule has 0 spiro atoms. The van der Waals surface area contributed by atoms with Gasteiger partial charge in [-0.3, -0.25) is 4.79 Å². The van der Waals surface area contributed by atoms with Crippen molar-refractivity contribution in [3.63, 3.8) is 0 Å². The molecule has 1 aliphatic heterocycles. The van der Waals surface area contributed by atoms with E-state index >= 15 is 0 Å². The summed E-state index contributed by atoms with van der Waals surface area (Å²) >= 11 is 0. The molecule has 13 heavy (non-hydrogen) atoms. The van der Waals surface area contributed by atoms with Crippen LogP contribution in [0.15, 0.2) is 0 Å². The molecule has 1 saturated heterocycles. The van der Waals surface area contributed by atoms with Crippen LogP contribution < -0.4 is 5.32 Å². The number of esters is 1. The molecule has 1 fully saturated rings. The molecule has 0 aliphatic carbocycles. The summed E-state index contributed by atoms with van der Waals surface area (Å²) in [5, 5.41) is 3.33. The van der Waals surface area contributed by atoms with Crippen LogP contribution in [0.1, 0.15) is 20.3 Å². The van der Waals surface area contributed by atoms with Crippen LogP contribution in [-0.2, 0) is 9.53 Å². The number of ether oxygens (including phenoxy) is 1. The van der Waals surface area contributed by atoms with Crippen molar-refractivity contribution in [2.24, 2.45) is 11.8 Å². The molecule has 3 nitrogen and oxygen atoms in total. The molecule has 0 saturated carbocycles. The number of piperidine rings is 1. The number of nitrogens with one attached hydrogen (secondary N) is 1. The summed E-state index contributed by atoms with van der Waals surface area (Å²) in [6.07, 6.45) is 0.897. The maximum absolute atomic E-state index is 11.3. The third kappa shape index (κ3) is 3.16. The molecule has 1 N–H and O–H groups in total. The third-order valence-corrected chi connectivity index (χ3v) is 2.59. The molecular weight excluding hydrogens is 190 g/mol. The lowest BCUT2D eigenvalue weighted by atomic mass is 9.85. The summed E-state index contributed by atoms with van der Waals surface area (Å²) in [6.45, 7) is 5.10. The summed E-state index contributed by atoms with van der Waals surface area (Å²) in [5.74, 6) is 0.427. The molecule has 0 bridgehead atoms. The second-order valence-electron chi connectivity index (χ2n) is 3.65. The molecule has 0 radical (unpaired) electrons. The van der Waals surface area contributed by atoms with Gasteiger partial charge in [0, 0.05) is 6.04 Å². The van der Waals surface area contributed by atoms with Gasteiger partial charge >= 0.3 is 5.97 Å². The highest BCUT2D eigenvalue weighted by atomic mass is 35.5. The number of rotatable bonds is 1. The average molecular weight is 208 g/mol. The summed E-state index contributed by atoms with van der Waals surface area (Å²) in [7, 11) is 1.46. The molecule has 0 aromatic heterocycles. The first-order valence-corrected chi connectivity index (χ1v) is 4.46. The van der Waals surface area contributed by atoms with E-state index < -0.39 is 0 Å². The van der Waals surface area contributed by atoms with Gasteiger partial charge in [0.2, 0.25) is 0 Å². The van der Waals surface area contributed by atoms with Crippen molar-refractivity contribution in [3.8, 4) is 0 Å². The maximum atomic E-state index is 11.3. The normalized spacial score (nSPS) is 33.3. The first kappa shape index (κ1) is 12.7. The van der Waals surface area contributed by atoms with Gasteiger partial charge in [-0.1, -0.05) is 6.92 Å². The molecule has 78 valence electrons. The number of methoxy groups -OCH3 is 1. The summed E-state index contributed by atoms with van der Waals surface area (Å²) < 4.78 is 4.74. The van der Waals surface area contributed by atoms with E-state index in [4.69, 9.17) is 4.74 Å². The quantitative estimate of drug-likeness (QED) is 0.657. The fourth-order valence-corrected chi connectivity index (χ4v) is 1.71. The minimum Gasteiger partial charge on any atom is -0.469 e. The SMILES string of the molecule is COC(=O)[C@@H]1C[C@H](C)NC[C@@H]1C.Cl. The van der Waals surface area contributed by atoms with Crippen LogP contribution in [0.25, 0.3) is 0 Å². The van der Waals surface area contributed by atoms with Crippen molar-refractivity contribution in [3.05, 3.63) is 0 Å². The fourth-order valence-electron chi connectivity index (χ4n) is 1.71. The lowest BCUT2D eigenvalue weighted by molar-refractivity contribution is -0.148. The first-order valence-electron chi connectivity index (χ1n) is 4.46. The van der Waals surface area contributed by atoms with Crippen LogP contribution in [0.4, 0.5) is 0 Å². The van der Waals surface area contributed by atoms with Gasteiger partial charge in [-0.25, -0.2) is 0 Å². The Balaban J connectivity index is 0.00000144. The van der Waals surface area contributed by atoms with E-state index in [1.807, 2.05) is 0 Å². The molecule has 3 atom stereocenters. The highest BCUT2D eigenvalue weighted by Crippen LogP contribution is 2.22. The second-order valence-corrected chi connectivity index (χ2v) is 3.65. The molecule has 1 aliphatic rings. The zero-order chi connectivity index (χ0) is 9.14. The number of hydrogen-bond donors (Lipinski definition) is 1. The Kier molecular flexibility index (Phi) is 5.33. The van der Waals surface area contributed by atoms with Gasteiger partial charge in [0.05, 0.1) is 13.0 Å². The average Bonchev–Trinajstić information content (AvgIpc) is 2.08. The Bertz CT molecular complexity index is 175. The fraction of sp³-hybridized carbons (Fsp3) is 0.889. The smallest absolute Gasteiger partial charge is 0.309 e. The van der Waals surface area contributed by atoms with Crippen LogP contribution in [0.5, 0.6) is 0 Å². The van der Waals surface area contributed by atoms with E-state index in [1.165, 1.54) is 7.11 Å². The molecular formula is C9H18ClNO2. The maximum Gasteiger partial charge on any atom is 0.309 e. The van der Waals surface area contributed by atoms with E-state index in [2.05, 4.69) is 19.2 Å². The highest BCUT2D eigenvalue weighted by molar-refractivity contribution is 5.85. The summed E-state index contributed by atoms with van der Waals surface area (Å²) in [5.41, 5.74) is 0. The van der Waals surface area contributed by atoms with Crippen LogP contribution in [0, 0.1) is 11.8 Å². The second kappa shape index (κ2) is 5.45. The highest BCUT2D eigenvalue weighted by Gasteiger charge is 2.31. The Labute approximate surface area is 85.6 Å². The van der Waals surface area contributed by atoms with Gasteiger partial charge in [0.15, 0.2) is 0 Å². The first-order chi connectivity index (χ1) is 5.65. The Hall–Kier alpha value is -0.280. The zero-order valence-electron chi connectivity index (χ0n) is 8.37. The lowest BCUT2D eigenvalue weighted by Gasteiger charge is -2.31. The van der Waals surface area contributed by atoms with E-state index in [0.717, 1.165) is 13.0 Å². The topological polar surface area (TPSA) is 38.3 Å². The third-order valence-electron chi connectivity index (χ3n) is 2.59. The number of carbonyl (C=O) groups is 1. The predicted octanol–water partition coefficient (Wildman–Crippen LogP) is 1.22. The molecule has 4 heteroatoms. The van der Waals surface area contributed by atoms with Crippen LogP contribution in [0.2, 0.25) is 0 Å². The zero-order valence-corrected chi connectivity index (χ0v) is 9.19. The largest absolute Gasteiger partial charge is 0.469 e. The van der Waals surface area contributed by atoms with Gasteiger partial charge in [-0.05, 0) is 25.8 Å². The van der Waals surface area contributed by atoms with Crippen molar-refractivity contribution in [2.75, 3.05) is 13.7 Å². The van der Waals surface area contributed by atoms with E-state index in [1.54, 1.807) is 0 Å². The van der Waals surface area contributed by atoms with E-state index in [0.29, 0.717) is 12.0 Å². The van der Waals surface area contributed by atoms with Crippen LogP contribution >= 0.6 is 12.4 Å². The van der Waals surface area contributed by atoms with Crippen molar-refractivity contribution >= 4 is 18.4 Å². The van der Waals surface area contributed by atoms with Gasteiger partial charge in [0.1, 0.15) is 0 Å². The van der Waals surface area contributed by atoms with Crippen molar-refractivity contribution in [1.82, 2.24) is 5.32 Å². The van der Waals surface area contributed by atoms with Gasteiger partial charge in [0.25, 0.3) is 0 Å². The van der Waals surface area contributed by atoms with Gasteiger partial charge < -0.3 is 10.1 Å². The number of carbonyl (C=O) groups excluding carboxylic acids is 1. The Morgan fingerprint density at radius 1 is 1.46 bits per heavy atom. The van der Waals surface area contributed by atoms with Crippen LogP contribution in [-0.4, -0.2) is 25.7 Å². The predicted molar refractivity (Wildman–Crippen MR) is 54.0 cm³/mol. The number of hydrogen-bond acceptors (Lipinski definition) is 3. The van der Waals surface area contributed by atoms with E-state index in [9.17, 15) is 4.79 Å². The summed E-state index contributed by atoms with van der Waals surface area (Å²) in [6, 6.07) is 0.435. The van der Waals surface area contributed by atoms with Crippen molar-refractivity contribution in [1.29, 1.82) is 0 Å². The molecule has 1 rings (SSSR count). The van der Waals surface area contributed by atoms with E-state index in [-0.39, 0.29) is 24.3 Å². The standard InChI is InChI=1S/C9H17NO2.ClH/c1-6-5-10-7(2)4-8(6)9(11)12-3;/h6-8,10H,4-5H2,1-3H3;1H/t6-,7-,8+;/m0./s1. The van der Waals surface area contributed by atoms with Crippen molar-refractivity contribution < 1.29 is 9.53 Å². The molecule has 0 unspecified atom stereocenters. The summed E-state index contributed by atoms with van der Waals surface area (Å²) in [4.78, 5) is 11.3. The monoisotopic (exact) mass is 207 g/mol. The van der Waals surface area contributed by atoms with Gasteiger partial charge in [-0.2, -0.15) is 0 Å². The van der Waals surface area contributed by atoms with Crippen molar-refractivity contribution in [2.45, 2.75) is 26.3 Å². The lowest BCUT2D eigenvalue weighted by Crippen LogP contribution is -2.44. The molecule has 1 heterocycles. The Morgan fingerprint density at radius 2 is 2.08 bits per heavy atom. The number of halogens is 1. The molecule has 0 amide bonds.